The Labute approximate surface area is 147 Å². The highest BCUT2D eigenvalue weighted by Crippen LogP contribution is 2.21. The molecular formula is C17H17N3O6. The Bertz CT molecular complexity index is 921. The van der Waals surface area contributed by atoms with Gasteiger partial charge < -0.3 is 14.1 Å². The number of imide groups is 1. The van der Waals surface area contributed by atoms with E-state index in [-0.39, 0.29) is 31.0 Å². The van der Waals surface area contributed by atoms with Gasteiger partial charge in [-0.1, -0.05) is 12.1 Å². The van der Waals surface area contributed by atoms with Crippen LogP contribution in [0.1, 0.15) is 12.8 Å². The quantitative estimate of drug-likeness (QED) is 0.794. The average molecular weight is 359 g/mol. The van der Waals surface area contributed by atoms with E-state index in [0.717, 1.165) is 4.90 Å². The number of cyclic esters (lactones) is 1. The van der Waals surface area contributed by atoms with E-state index in [1.165, 1.54) is 4.57 Å². The summed E-state index contributed by atoms with van der Waals surface area (Å²) in [6.07, 6.45) is 0.373. The van der Waals surface area contributed by atoms with Crippen LogP contribution < -0.4 is 5.76 Å². The molecule has 0 unspecified atom stereocenters. The van der Waals surface area contributed by atoms with Crippen molar-refractivity contribution >= 4 is 29.0 Å². The number of likely N-dealkylation sites (tertiary alicyclic amines) is 1. The van der Waals surface area contributed by atoms with E-state index < -0.39 is 11.8 Å². The molecule has 3 amide bonds. The number of ether oxygens (including phenoxy) is 1. The molecule has 3 heterocycles. The summed E-state index contributed by atoms with van der Waals surface area (Å²) < 4.78 is 11.2. The van der Waals surface area contributed by atoms with Gasteiger partial charge in [-0.05, 0) is 25.0 Å². The lowest BCUT2D eigenvalue weighted by Gasteiger charge is -2.34. The van der Waals surface area contributed by atoms with Crippen LogP contribution >= 0.6 is 0 Å². The summed E-state index contributed by atoms with van der Waals surface area (Å²) in [5, 5.41) is 0. The first-order valence-electron chi connectivity index (χ1n) is 8.39. The van der Waals surface area contributed by atoms with E-state index in [4.69, 9.17) is 9.15 Å². The number of hydrogen-bond acceptors (Lipinski definition) is 6. The van der Waals surface area contributed by atoms with Gasteiger partial charge in [0.25, 0.3) is 5.91 Å². The second-order valence-electron chi connectivity index (χ2n) is 6.35. The number of benzene rings is 1. The third-order valence-corrected chi connectivity index (χ3v) is 4.83. The number of piperidine rings is 1. The molecule has 0 atom stereocenters. The number of fused-ring (bicyclic) bond motifs is 1. The van der Waals surface area contributed by atoms with Crippen molar-refractivity contribution in [1.82, 2.24) is 14.4 Å². The lowest BCUT2D eigenvalue weighted by atomic mass is 10.0. The van der Waals surface area contributed by atoms with E-state index in [9.17, 15) is 19.2 Å². The number of para-hydroxylation sites is 2. The Hall–Kier alpha value is -3.10. The number of oxazole rings is 1. The van der Waals surface area contributed by atoms with Crippen molar-refractivity contribution in [3.8, 4) is 0 Å². The van der Waals surface area contributed by atoms with Gasteiger partial charge in [-0.2, -0.15) is 0 Å². The molecule has 26 heavy (non-hydrogen) atoms. The number of carbonyl (C=O) groups excluding carboxylic acids is 3. The van der Waals surface area contributed by atoms with Crippen molar-refractivity contribution in [3.63, 3.8) is 0 Å². The average Bonchev–Trinajstić information content (AvgIpc) is 3.14. The highest BCUT2D eigenvalue weighted by atomic mass is 16.6. The largest absolute Gasteiger partial charge is 0.439 e. The molecule has 4 rings (SSSR count). The normalized spacial score (nSPS) is 18.6. The maximum atomic E-state index is 12.6. The monoisotopic (exact) mass is 359 g/mol. The van der Waals surface area contributed by atoms with Crippen molar-refractivity contribution in [2.45, 2.75) is 25.4 Å². The van der Waals surface area contributed by atoms with Gasteiger partial charge in [0.05, 0.1) is 5.52 Å². The molecule has 0 bridgehead atoms. The molecule has 2 fully saturated rings. The first-order chi connectivity index (χ1) is 12.5. The number of hydrogen-bond donors (Lipinski definition) is 0. The van der Waals surface area contributed by atoms with Gasteiger partial charge in [0.2, 0.25) is 5.91 Å². The van der Waals surface area contributed by atoms with Crippen LogP contribution in [0.2, 0.25) is 0 Å². The lowest BCUT2D eigenvalue weighted by molar-refractivity contribution is -0.134. The fourth-order valence-corrected chi connectivity index (χ4v) is 3.49. The highest BCUT2D eigenvalue weighted by molar-refractivity contribution is 5.98. The number of nitrogens with zero attached hydrogens (tertiary/aromatic N) is 3. The number of amides is 3. The second kappa shape index (κ2) is 6.32. The first-order valence-corrected chi connectivity index (χ1v) is 8.39. The standard InChI is InChI=1S/C17H17N3O6/c21-14(9-19-12-3-1-2-4-13(12)26-16(19)23)18-7-5-11(6-8-18)20-15(22)10-25-17(20)24/h1-4,11H,5-10H2. The molecule has 0 radical (unpaired) electrons. The molecule has 1 aromatic carbocycles. The molecule has 9 heteroatoms. The summed E-state index contributed by atoms with van der Waals surface area (Å²) in [7, 11) is 0. The second-order valence-corrected chi connectivity index (χ2v) is 6.35. The molecule has 1 aromatic heterocycles. The Morgan fingerprint density at radius 1 is 1.12 bits per heavy atom. The van der Waals surface area contributed by atoms with Gasteiger partial charge in [0.1, 0.15) is 6.54 Å². The van der Waals surface area contributed by atoms with E-state index in [2.05, 4.69) is 0 Å². The Morgan fingerprint density at radius 3 is 2.54 bits per heavy atom. The third-order valence-electron chi connectivity index (χ3n) is 4.83. The van der Waals surface area contributed by atoms with E-state index in [0.29, 0.717) is 37.0 Å². The molecular weight excluding hydrogens is 342 g/mol. The van der Waals surface area contributed by atoms with Crippen LogP contribution in [0.15, 0.2) is 33.5 Å². The van der Waals surface area contributed by atoms with Crippen LogP contribution in [0.25, 0.3) is 11.1 Å². The molecule has 0 saturated carbocycles. The molecule has 2 aliphatic rings. The van der Waals surface area contributed by atoms with E-state index >= 15 is 0 Å². The molecule has 0 spiro atoms. The van der Waals surface area contributed by atoms with Gasteiger partial charge in [-0.3, -0.25) is 14.2 Å². The summed E-state index contributed by atoms with van der Waals surface area (Å²) >= 11 is 0. The highest BCUT2D eigenvalue weighted by Gasteiger charge is 2.39. The summed E-state index contributed by atoms with van der Waals surface area (Å²) in [6, 6.07) is 6.68. The molecule has 2 saturated heterocycles. The fourth-order valence-electron chi connectivity index (χ4n) is 3.49. The zero-order valence-corrected chi connectivity index (χ0v) is 13.9. The summed E-state index contributed by atoms with van der Waals surface area (Å²) in [4.78, 5) is 50.7. The SMILES string of the molecule is O=C(Cn1c(=O)oc2ccccc21)N1CCC(N2C(=O)COC2=O)CC1. The molecule has 9 nitrogen and oxygen atoms in total. The zero-order chi connectivity index (χ0) is 18.3. The van der Waals surface area contributed by atoms with Crippen molar-refractivity contribution in [1.29, 1.82) is 0 Å². The van der Waals surface area contributed by atoms with Crippen molar-refractivity contribution in [2.75, 3.05) is 19.7 Å². The van der Waals surface area contributed by atoms with Gasteiger partial charge in [-0.15, -0.1) is 0 Å². The number of rotatable bonds is 3. The Balaban J connectivity index is 1.42. The van der Waals surface area contributed by atoms with Crippen molar-refractivity contribution in [2.24, 2.45) is 0 Å². The van der Waals surface area contributed by atoms with Gasteiger partial charge in [0.15, 0.2) is 12.2 Å². The molecule has 0 N–H and O–H groups in total. The van der Waals surface area contributed by atoms with Gasteiger partial charge >= 0.3 is 11.8 Å². The topological polar surface area (TPSA) is 102 Å². The minimum absolute atomic E-state index is 0.106. The van der Waals surface area contributed by atoms with Crippen molar-refractivity contribution in [3.05, 3.63) is 34.8 Å². The van der Waals surface area contributed by atoms with Gasteiger partial charge in [0, 0.05) is 19.1 Å². The molecule has 136 valence electrons. The van der Waals surface area contributed by atoms with Crippen LogP contribution in [0.3, 0.4) is 0 Å². The van der Waals surface area contributed by atoms with Crippen LogP contribution in [-0.2, 0) is 20.9 Å². The van der Waals surface area contributed by atoms with E-state index in [1.54, 1.807) is 29.2 Å². The lowest BCUT2D eigenvalue weighted by Crippen LogP contribution is -2.49. The van der Waals surface area contributed by atoms with Crippen molar-refractivity contribution < 1.29 is 23.5 Å². The van der Waals surface area contributed by atoms with Crippen LogP contribution in [-0.4, -0.2) is 58.0 Å². The van der Waals surface area contributed by atoms with E-state index in [1.807, 2.05) is 0 Å². The minimum Gasteiger partial charge on any atom is -0.439 e. The number of carbonyl (C=O) groups is 3. The maximum absolute atomic E-state index is 12.6. The first kappa shape index (κ1) is 16.4. The fraction of sp³-hybridized carbons (Fsp3) is 0.412. The smallest absolute Gasteiger partial charge is 0.420 e. The minimum atomic E-state index is -0.615. The predicted octanol–water partition coefficient (Wildman–Crippen LogP) is 0.564. The summed E-state index contributed by atoms with van der Waals surface area (Å²) in [6.45, 7) is 0.496. The van der Waals surface area contributed by atoms with Crippen LogP contribution in [0.5, 0.6) is 0 Å². The maximum Gasteiger partial charge on any atom is 0.420 e. The van der Waals surface area contributed by atoms with Crippen LogP contribution in [0.4, 0.5) is 4.79 Å². The number of aromatic nitrogens is 1. The molecule has 2 aromatic rings. The predicted molar refractivity (Wildman–Crippen MR) is 88.3 cm³/mol. The molecule has 2 aliphatic heterocycles. The molecule has 0 aliphatic carbocycles. The van der Waals surface area contributed by atoms with Gasteiger partial charge in [-0.25, -0.2) is 14.5 Å². The summed E-state index contributed by atoms with van der Waals surface area (Å²) in [5.74, 6) is -1.11. The Kier molecular flexibility index (Phi) is 3.98. The van der Waals surface area contributed by atoms with Crippen LogP contribution in [0, 0.1) is 0 Å². The summed E-state index contributed by atoms with van der Waals surface area (Å²) in [5.41, 5.74) is 1.02. The Morgan fingerprint density at radius 2 is 1.85 bits per heavy atom. The zero-order valence-electron chi connectivity index (χ0n) is 13.9. The third kappa shape index (κ3) is 2.75.